The Balaban J connectivity index is 1.93. The molecule has 2 fully saturated rings. The molecule has 1 nitrogen and oxygen atoms in total. The van der Waals surface area contributed by atoms with E-state index in [1.807, 2.05) is 0 Å². The molecule has 2 saturated carbocycles. The molecule has 2 aliphatic rings. The van der Waals surface area contributed by atoms with Gasteiger partial charge in [-0.3, -0.25) is 0 Å². The van der Waals surface area contributed by atoms with E-state index in [1.165, 1.54) is 32.1 Å². The van der Waals surface area contributed by atoms with Gasteiger partial charge in [0.1, 0.15) is 0 Å². The third-order valence-electron chi connectivity index (χ3n) is 4.19. The van der Waals surface area contributed by atoms with Gasteiger partial charge >= 0.3 is 0 Å². The molecule has 1 heteroatoms. The van der Waals surface area contributed by atoms with Crippen molar-refractivity contribution in [3.8, 4) is 0 Å². The zero-order valence-electron chi connectivity index (χ0n) is 9.92. The van der Waals surface area contributed by atoms with Gasteiger partial charge in [0.2, 0.25) is 0 Å². The zero-order valence-corrected chi connectivity index (χ0v) is 9.92. The molecule has 0 aromatic carbocycles. The molecular weight excluding hydrogens is 170 g/mol. The molecule has 0 bridgehead atoms. The van der Waals surface area contributed by atoms with Crippen LogP contribution >= 0.6 is 0 Å². The van der Waals surface area contributed by atoms with Crippen LogP contribution in [0.3, 0.4) is 0 Å². The van der Waals surface area contributed by atoms with Gasteiger partial charge in [0.25, 0.3) is 0 Å². The molecule has 0 aromatic heterocycles. The molecule has 2 rings (SSSR count). The van der Waals surface area contributed by atoms with E-state index in [2.05, 4.69) is 26.2 Å². The van der Waals surface area contributed by atoms with Gasteiger partial charge in [-0.15, -0.1) is 0 Å². The van der Waals surface area contributed by atoms with Crippen LogP contribution in [0.2, 0.25) is 0 Å². The van der Waals surface area contributed by atoms with Crippen LogP contribution in [-0.2, 0) is 0 Å². The van der Waals surface area contributed by atoms with Crippen LogP contribution in [0.4, 0.5) is 0 Å². The lowest BCUT2D eigenvalue weighted by Gasteiger charge is -2.36. The van der Waals surface area contributed by atoms with E-state index in [-0.39, 0.29) is 0 Å². The second-order valence-electron chi connectivity index (χ2n) is 5.83. The van der Waals surface area contributed by atoms with Crippen molar-refractivity contribution in [2.75, 3.05) is 7.05 Å². The number of hydrogen-bond donors (Lipinski definition) is 1. The van der Waals surface area contributed by atoms with E-state index in [0.717, 1.165) is 29.7 Å². The van der Waals surface area contributed by atoms with Gasteiger partial charge < -0.3 is 5.32 Å². The highest BCUT2D eigenvalue weighted by Crippen LogP contribution is 2.42. The first kappa shape index (κ1) is 10.5. The number of hydrogen-bond acceptors (Lipinski definition) is 1. The van der Waals surface area contributed by atoms with Crippen LogP contribution in [0.5, 0.6) is 0 Å². The quantitative estimate of drug-likeness (QED) is 0.730. The van der Waals surface area contributed by atoms with Crippen molar-refractivity contribution in [1.82, 2.24) is 5.32 Å². The fourth-order valence-corrected chi connectivity index (χ4v) is 3.61. The lowest BCUT2D eigenvalue weighted by atomic mass is 9.73. The average molecular weight is 195 g/mol. The van der Waals surface area contributed by atoms with Crippen molar-refractivity contribution >= 4 is 0 Å². The first-order chi connectivity index (χ1) is 6.70. The first-order valence-corrected chi connectivity index (χ1v) is 6.38. The van der Waals surface area contributed by atoms with Crippen LogP contribution in [0.1, 0.15) is 46.0 Å². The Morgan fingerprint density at radius 2 is 1.50 bits per heavy atom. The van der Waals surface area contributed by atoms with Gasteiger partial charge in [-0.2, -0.15) is 0 Å². The summed E-state index contributed by atoms with van der Waals surface area (Å²) in [6.07, 6.45) is 7.34. The van der Waals surface area contributed by atoms with E-state index >= 15 is 0 Å². The minimum atomic E-state index is 0.834. The molecule has 0 heterocycles. The smallest absolute Gasteiger partial charge is 0.0121 e. The highest BCUT2D eigenvalue weighted by Gasteiger charge is 2.38. The van der Waals surface area contributed by atoms with E-state index in [9.17, 15) is 0 Å². The minimum absolute atomic E-state index is 0.834. The second kappa shape index (κ2) is 4.22. The molecule has 3 unspecified atom stereocenters. The maximum Gasteiger partial charge on any atom is 0.0121 e. The van der Waals surface area contributed by atoms with Crippen molar-refractivity contribution in [3.63, 3.8) is 0 Å². The highest BCUT2D eigenvalue weighted by atomic mass is 14.9. The minimum Gasteiger partial charge on any atom is -0.316 e. The third-order valence-corrected chi connectivity index (χ3v) is 4.19. The Kier molecular flexibility index (Phi) is 3.16. The van der Waals surface area contributed by atoms with E-state index < -0.39 is 0 Å². The fourth-order valence-electron chi connectivity index (χ4n) is 3.61. The van der Waals surface area contributed by atoms with E-state index in [4.69, 9.17) is 0 Å². The maximum absolute atomic E-state index is 3.57. The number of rotatable bonds is 3. The molecule has 1 N–H and O–H groups in total. The van der Waals surface area contributed by atoms with Crippen LogP contribution < -0.4 is 5.32 Å². The monoisotopic (exact) mass is 195 g/mol. The van der Waals surface area contributed by atoms with Gasteiger partial charge in [0.15, 0.2) is 0 Å². The molecule has 0 aliphatic heterocycles. The first-order valence-electron chi connectivity index (χ1n) is 6.38. The standard InChI is InChI=1S/C13H25N/c1-9-6-10(2)8-12(7-9)13(14-3)11-4-5-11/h9-14H,4-8H2,1-3H3. The Morgan fingerprint density at radius 3 is 1.93 bits per heavy atom. The molecule has 0 spiro atoms. The summed E-state index contributed by atoms with van der Waals surface area (Å²) in [5.41, 5.74) is 0. The van der Waals surface area contributed by atoms with Gasteiger partial charge in [-0.25, -0.2) is 0 Å². The Hall–Kier alpha value is -0.0400. The molecule has 14 heavy (non-hydrogen) atoms. The topological polar surface area (TPSA) is 12.0 Å². The van der Waals surface area contributed by atoms with Crippen molar-refractivity contribution in [2.45, 2.75) is 52.0 Å². The molecule has 0 saturated heterocycles. The normalized spacial score (nSPS) is 40.9. The van der Waals surface area contributed by atoms with Crippen molar-refractivity contribution in [1.29, 1.82) is 0 Å². The molecule has 2 aliphatic carbocycles. The van der Waals surface area contributed by atoms with E-state index in [0.29, 0.717) is 0 Å². The van der Waals surface area contributed by atoms with Crippen molar-refractivity contribution < 1.29 is 0 Å². The van der Waals surface area contributed by atoms with Gasteiger partial charge in [0, 0.05) is 6.04 Å². The van der Waals surface area contributed by atoms with Gasteiger partial charge in [-0.1, -0.05) is 13.8 Å². The molecule has 3 atom stereocenters. The second-order valence-corrected chi connectivity index (χ2v) is 5.83. The van der Waals surface area contributed by atoms with Gasteiger partial charge in [-0.05, 0) is 62.8 Å². The van der Waals surface area contributed by atoms with Crippen molar-refractivity contribution in [2.24, 2.45) is 23.7 Å². The lowest BCUT2D eigenvalue weighted by Crippen LogP contribution is -2.39. The molecule has 0 aromatic rings. The van der Waals surface area contributed by atoms with Crippen LogP contribution in [0.25, 0.3) is 0 Å². The summed E-state index contributed by atoms with van der Waals surface area (Å²) in [5.74, 6) is 3.89. The van der Waals surface area contributed by atoms with Crippen LogP contribution in [0, 0.1) is 23.7 Å². The molecule has 0 radical (unpaired) electrons. The average Bonchev–Trinajstić information content (AvgIpc) is 2.87. The highest BCUT2D eigenvalue weighted by molar-refractivity contribution is 4.92. The molecule has 0 amide bonds. The third kappa shape index (κ3) is 2.31. The Morgan fingerprint density at radius 1 is 0.929 bits per heavy atom. The van der Waals surface area contributed by atoms with Crippen LogP contribution in [-0.4, -0.2) is 13.1 Å². The summed E-state index contributed by atoms with van der Waals surface area (Å²) in [6.45, 7) is 4.87. The maximum atomic E-state index is 3.57. The summed E-state index contributed by atoms with van der Waals surface area (Å²) in [4.78, 5) is 0. The predicted octanol–water partition coefficient (Wildman–Crippen LogP) is 3.06. The SMILES string of the molecule is CNC(C1CC1)C1CC(C)CC(C)C1. The predicted molar refractivity (Wildman–Crippen MR) is 61.2 cm³/mol. The van der Waals surface area contributed by atoms with E-state index in [1.54, 1.807) is 0 Å². The summed E-state index contributed by atoms with van der Waals surface area (Å²) in [6, 6.07) is 0.834. The lowest BCUT2D eigenvalue weighted by molar-refractivity contribution is 0.169. The summed E-state index contributed by atoms with van der Waals surface area (Å²) in [5, 5.41) is 3.57. The Bertz CT molecular complexity index is 176. The van der Waals surface area contributed by atoms with Crippen LogP contribution in [0.15, 0.2) is 0 Å². The summed E-state index contributed by atoms with van der Waals surface area (Å²) >= 11 is 0. The summed E-state index contributed by atoms with van der Waals surface area (Å²) in [7, 11) is 2.16. The molecular formula is C13H25N. The van der Waals surface area contributed by atoms with Crippen molar-refractivity contribution in [3.05, 3.63) is 0 Å². The van der Waals surface area contributed by atoms with Gasteiger partial charge in [0.05, 0.1) is 0 Å². The summed E-state index contributed by atoms with van der Waals surface area (Å²) < 4.78 is 0. The largest absolute Gasteiger partial charge is 0.316 e. The zero-order chi connectivity index (χ0) is 10.1. The molecule has 82 valence electrons. The number of nitrogens with one attached hydrogen (secondary N) is 1. The fraction of sp³-hybridized carbons (Fsp3) is 1.00. The Labute approximate surface area is 88.7 Å².